The van der Waals surface area contributed by atoms with Gasteiger partial charge in [0.1, 0.15) is 4.90 Å². The molecular weight excluding hydrogens is 302 g/mol. The van der Waals surface area contributed by atoms with Gasteiger partial charge in [0, 0.05) is 12.7 Å². The van der Waals surface area contributed by atoms with E-state index in [0.29, 0.717) is 12.5 Å². The average Bonchev–Trinajstić information content (AvgIpc) is 2.42. The third-order valence-corrected chi connectivity index (χ3v) is 3.86. The van der Waals surface area contributed by atoms with Gasteiger partial charge in [0.05, 0.1) is 17.4 Å². The lowest BCUT2D eigenvalue weighted by molar-refractivity contribution is 0.600. The summed E-state index contributed by atoms with van der Waals surface area (Å²) in [5, 5.41) is 3.08. The number of aromatic nitrogens is 3. The molecule has 0 aromatic carbocycles. The number of hydrogen-bond acceptors (Lipinski definition) is 6. The Morgan fingerprint density at radius 2 is 1.95 bits per heavy atom. The molecule has 0 saturated carbocycles. The molecule has 20 heavy (non-hydrogen) atoms. The van der Waals surface area contributed by atoms with Crippen molar-refractivity contribution in [2.75, 3.05) is 16.6 Å². The molecule has 0 saturated heterocycles. The van der Waals surface area contributed by atoms with Gasteiger partial charge in [-0.15, -0.1) is 0 Å². The van der Waals surface area contributed by atoms with E-state index in [0.717, 1.165) is 0 Å². The highest BCUT2D eigenvalue weighted by Gasteiger charge is 2.17. The highest BCUT2D eigenvalue weighted by molar-refractivity contribution is 7.92. The van der Waals surface area contributed by atoms with Crippen LogP contribution in [0.25, 0.3) is 0 Å². The molecule has 2 aromatic heterocycles. The molecule has 0 fully saturated rings. The summed E-state index contributed by atoms with van der Waals surface area (Å²) < 4.78 is 26.5. The Hall–Kier alpha value is -1.93. The van der Waals surface area contributed by atoms with Crippen molar-refractivity contribution < 1.29 is 8.42 Å². The van der Waals surface area contributed by atoms with E-state index < -0.39 is 10.0 Å². The predicted molar refractivity (Wildman–Crippen MR) is 76.3 cm³/mol. The second-order valence-corrected chi connectivity index (χ2v) is 5.80. The van der Waals surface area contributed by atoms with E-state index in [-0.39, 0.29) is 15.7 Å². The Bertz CT molecular complexity index is 690. The van der Waals surface area contributed by atoms with E-state index in [1.54, 1.807) is 6.07 Å². The first-order valence-corrected chi connectivity index (χ1v) is 7.58. The van der Waals surface area contributed by atoms with Gasteiger partial charge >= 0.3 is 0 Å². The van der Waals surface area contributed by atoms with E-state index >= 15 is 0 Å². The minimum absolute atomic E-state index is 0.0601. The molecule has 0 aliphatic heterocycles. The summed E-state index contributed by atoms with van der Waals surface area (Å²) in [7, 11) is -3.82. The van der Waals surface area contributed by atoms with Crippen molar-refractivity contribution in [3.63, 3.8) is 0 Å². The minimum atomic E-state index is -3.82. The summed E-state index contributed by atoms with van der Waals surface area (Å²) in [6.07, 6.45) is 3.86. The summed E-state index contributed by atoms with van der Waals surface area (Å²) in [5.41, 5.74) is 0. The smallest absolute Gasteiger partial charge is 0.266 e. The van der Waals surface area contributed by atoms with E-state index in [1.165, 1.54) is 24.7 Å². The first-order chi connectivity index (χ1) is 9.53. The fraction of sp³-hybridized carbons (Fsp3) is 0.182. The molecule has 2 aromatic rings. The molecule has 9 heteroatoms. The van der Waals surface area contributed by atoms with Crippen molar-refractivity contribution in [2.45, 2.75) is 11.8 Å². The van der Waals surface area contributed by atoms with Crippen molar-refractivity contribution in [3.05, 3.63) is 35.7 Å². The fourth-order valence-electron chi connectivity index (χ4n) is 1.35. The van der Waals surface area contributed by atoms with Crippen molar-refractivity contribution in [1.29, 1.82) is 0 Å². The van der Waals surface area contributed by atoms with E-state index in [1.807, 2.05) is 6.92 Å². The molecule has 0 aliphatic rings. The Morgan fingerprint density at radius 3 is 2.55 bits per heavy atom. The highest BCUT2D eigenvalue weighted by Crippen LogP contribution is 2.21. The van der Waals surface area contributed by atoms with Gasteiger partial charge in [-0.2, -0.15) is 0 Å². The molecule has 2 N–H and O–H groups in total. The van der Waals surface area contributed by atoms with Crippen molar-refractivity contribution in [2.24, 2.45) is 0 Å². The van der Waals surface area contributed by atoms with Gasteiger partial charge in [0.15, 0.2) is 5.82 Å². The molecule has 0 atom stereocenters. The van der Waals surface area contributed by atoms with Crippen molar-refractivity contribution in [1.82, 2.24) is 15.0 Å². The van der Waals surface area contributed by atoms with Crippen LogP contribution in [-0.4, -0.2) is 29.9 Å². The van der Waals surface area contributed by atoms with E-state index in [4.69, 9.17) is 11.6 Å². The van der Waals surface area contributed by atoms with Gasteiger partial charge in [0.2, 0.25) is 5.95 Å². The quantitative estimate of drug-likeness (QED) is 0.873. The number of hydrogen-bond donors (Lipinski definition) is 2. The van der Waals surface area contributed by atoms with Gasteiger partial charge in [-0.1, -0.05) is 11.6 Å². The van der Waals surface area contributed by atoms with Gasteiger partial charge in [0.25, 0.3) is 10.0 Å². The molecule has 0 amide bonds. The monoisotopic (exact) mass is 313 g/mol. The Morgan fingerprint density at radius 1 is 1.25 bits per heavy atom. The minimum Gasteiger partial charge on any atom is -0.355 e. The predicted octanol–water partition coefficient (Wildman–Crippen LogP) is 1.76. The topological polar surface area (TPSA) is 96.9 Å². The molecule has 106 valence electrons. The molecular formula is C11H12ClN5O2S. The van der Waals surface area contributed by atoms with Crippen LogP contribution in [-0.2, 0) is 10.0 Å². The largest absolute Gasteiger partial charge is 0.355 e. The fourth-order valence-corrected chi connectivity index (χ4v) is 2.49. The molecule has 2 rings (SSSR count). The second kappa shape index (κ2) is 6.02. The van der Waals surface area contributed by atoms with Gasteiger partial charge in [-0.3, -0.25) is 4.72 Å². The van der Waals surface area contributed by atoms with Crippen molar-refractivity contribution in [3.8, 4) is 0 Å². The van der Waals surface area contributed by atoms with Gasteiger partial charge in [-0.05, 0) is 19.1 Å². The maximum absolute atomic E-state index is 12.1. The number of sulfonamides is 1. The zero-order valence-corrected chi connectivity index (χ0v) is 12.1. The molecule has 2 heterocycles. The lowest BCUT2D eigenvalue weighted by Crippen LogP contribution is -2.15. The average molecular weight is 314 g/mol. The molecule has 0 spiro atoms. The standard InChI is InChI=1S/C11H12ClN5O2S/c1-2-13-11-15-6-8(7-16-11)20(18,19)17-10-9(12)4-3-5-14-10/h3-7H,2H2,1H3,(H,14,17)(H,13,15,16). The van der Waals surface area contributed by atoms with Crippen LogP contribution in [0.5, 0.6) is 0 Å². The highest BCUT2D eigenvalue weighted by atomic mass is 35.5. The van der Waals surface area contributed by atoms with Crippen LogP contribution >= 0.6 is 11.6 Å². The molecule has 0 radical (unpaired) electrons. The van der Waals surface area contributed by atoms with Crippen LogP contribution in [0.1, 0.15) is 6.92 Å². The third-order valence-electron chi connectivity index (χ3n) is 2.26. The molecule has 0 bridgehead atoms. The van der Waals surface area contributed by atoms with Gasteiger partial charge < -0.3 is 5.32 Å². The van der Waals surface area contributed by atoms with Crippen LogP contribution in [0, 0.1) is 0 Å². The maximum atomic E-state index is 12.1. The SMILES string of the molecule is CCNc1ncc(S(=O)(=O)Nc2ncccc2Cl)cn1. The van der Waals surface area contributed by atoms with Crippen LogP contribution in [0.3, 0.4) is 0 Å². The van der Waals surface area contributed by atoms with Crippen LogP contribution in [0.2, 0.25) is 5.02 Å². The Labute approximate surface area is 121 Å². The number of halogens is 1. The zero-order chi connectivity index (χ0) is 14.6. The van der Waals surface area contributed by atoms with Crippen LogP contribution < -0.4 is 10.0 Å². The summed E-state index contributed by atoms with van der Waals surface area (Å²) in [6, 6.07) is 3.14. The lowest BCUT2D eigenvalue weighted by Gasteiger charge is -2.08. The third kappa shape index (κ3) is 3.34. The normalized spacial score (nSPS) is 11.1. The van der Waals surface area contributed by atoms with E-state index in [2.05, 4.69) is 25.0 Å². The zero-order valence-electron chi connectivity index (χ0n) is 10.5. The molecule has 7 nitrogen and oxygen atoms in total. The van der Waals surface area contributed by atoms with Gasteiger partial charge in [-0.25, -0.2) is 23.4 Å². The first-order valence-electron chi connectivity index (χ1n) is 5.72. The number of anilines is 2. The summed E-state index contributed by atoms with van der Waals surface area (Å²) in [6.45, 7) is 2.53. The Balaban J connectivity index is 2.24. The number of rotatable bonds is 5. The second-order valence-electron chi connectivity index (χ2n) is 3.71. The number of pyridine rings is 1. The maximum Gasteiger partial charge on any atom is 0.266 e. The van der Waals surface area contributed by atoms with Crippen molar-refractivity contribution >= 4 is 33.4 Å². The Kier molecular flexibility index (Phi) is 4.35. The van der Waals surface area contributed by atoms with Crippen LogP contribution in [0.4, 0.5) is 11.8 Å². The molecule has 0 aliphatic carbocycles. The lowest BCUT2D eigenvalue weighted by atomic mass is 10.5. The first kappa shape index (κ1) is 14.5. The molecule has 0 unspecified atom stereocenters. The summed E-state index contributed by atoms with van der Waals surface area (Å²) in [5.74, 6) is 0.423. The number of nitrogens with zero attached hydrogens (tertiary/aromatic N) is 3. The van der Waals surface area contributed by atoms with E-state index in [9.17, 15) is 8.42 Å². The summed E-state index contributed by atoms with van der Waals surface area (Å²) >= 11 is 5.85. The van der Waals surface area contributed by atoms with Crippen LogP contribution in [0.15, 0.2) is 35.6 Å². The summed E-state index contributed by atoms with van der Waals surface area (Å²) in [4.78, 5) is 11.6. The number of nitrogens with one attached hydrogen (secondary N) is 2.